The summed E-state index contributed by atoms with van der Waals surface area (Å²) in [4.78, 5) is 22.9. The van der Waals surface area contributed by atoms with E-state index in [2.05, 4.69) is 21.2 Å². The molecule has 0 fully saturated rings. The Bertz CT molecular complexity index is 486. The molecule has 0 aromatic heterocycles. The second kappa shape index (κ2) is 5.39. The van der Waals surface area contributed by atoms with Gasteiger partial charge in [0.25, 0.3) is 5.91 Å². The van der Waals surface area contributed by atoms with Crippen LogP contribution in [0.25, 0.3) is 0 Å². The molecule has 0 atom stereocenters. The summed E-state index contributed by atoms with van der Waals surface area (Å²) in [5.74, 6) is -0.735. The highest BCUT2D eigenvalue weighted by Gasteiger charge is 2.23. The predicted molar refractivity (Wildman–Crippen MR) is 73.9 cm³/mol. The smallest absolute Gasteiger partial charge is 0.251 e. The summed E-state index contributed by atoms with van der Waals surface area (Å²) in [6.07, 6.45) is 0.0783. The highest BCUT2D eigenvalue weighted by molar-refractivity contribution is 9.10. The van der Waals surface area contributed by atoms with E-state index in [0.717, 1.165) is 0 Å². The maximum Gasteiger partial charge on any atom is 0.251 e. The van der Waals surface area contributed by atoms with Crippen LogP contribution in [0.4, 0.5) is 5.69 Å². The minimum Gasteiger partial charge on any atom is -0.398 e. The zero-order valence-corrected chi connectivity index (χ0v) is 11.9. The number of rotatable bonds is 4. The van der Waals surface area contributed by atoms with Gasteiger partial charge in [0, 0.05) is 27.7 Å². The fourth-order valence-corrected chi connectivity index (χ4v) is 1.91. The first kappa shape index (κ1) is 14.5. The Morgan fingerprint density at radius 3 is 2.50 bits per heavy atom. The monoisotopic (exact) mass is 313 g/mol. The van der Waals surface area contributed by atoms with Crippen LogP contribution in [-0.4, -0.2) is 17.4 Å². The van der Waals surface area contributed by atoms with E-state index in [4.69, 9.17) is 11.5 Å². The molecule has 0 unspecified atom stereocenters. The fraction of sp³-hybridized carbons (Fsp3) is 0.333. The van der Waals surface area contributed by atoms with Crippen molar-refractivity contribution in [3.05, 3.63) is 28.2 Å². The highest BCUT2D eigenvalue weighted by Crippen LogP contribution is 2.21. The van der Waals surface area contributed by atoms with Gasteiger partial charge in [-0.2, -0.15) is 0 Å². The molecule has 0 spiro atoms. The third-order valence-electron chi connectivity index (χ3n) is 2.33. The van der Waals surface area contributed by atoms with Crippen molar-refractivity contribution >= 4 is 33.4 Å². The molecule has 1 aromatic rings. The summed E-state index contributed by atoms with van der Waals surface area (Å²) in [7, 11) is 0. The summed E-state index contributed by atoms with van der Waals surface area (Å²) in [5.41, 5.74) is 11.1. The maximum atomic E-state index is 12.0. The Morgan fingerprint density at radius 2 is 2.00 bits per heavy atom. The predicted octanol–water partition coefficient (Wildman–Crippen LogP) is 1.42. The highest BCUT2D eigenvalue weighted by atomic mass is 79.9. The van der Waals surface area contributed by atoms with E-state index in [-0.39, 0.29) is 12.3 Å². The minimum atomic E-state index is -0.684. The first-order chi connectivity index (χ1) is 8.21. The van der Waals surface area contributed by atoms with Crippen molar-refractivity contribution in [2.24, 2.45) is 5.73 Å². The lowest BCUT2D eigenvalue weighted by Gasteiger charge is -2.24. The van der Waals surface area contributed by atoms with E-state index in [1.54, 1.807) is 32.0 Å². The molecule has 0 bridgehead atoms. The van der Waals surface area contributed by atoms with Crippen molar-refractivity contribution in [1.29, 1.82) is 0 Å². The fourth-order valence-electron chi connectivity index (χ4n) is 1.53. The lowest BCUT2D eigenvalue weighted by atomic mass is 9.99. The van der Waals surface area contributed by atoms with Gasteiger partial charge >= 0.3 is 0 Å². The van der Waals surface area contributed by atoms with E-state index >= 15 is 0 Å². The van der Waals surface area contributed by atoms with Crippen LogP contribution in [0.15, 0.2) is 22.7 Å². The van der Waals surface area contributed by atoms with Crippen molar-refractivity contribution in [1.82, 2.24) is 5.32 Å². The lowest BCUT2D eigenvalue weighted by molar-refractivity contribution is -0.119. The molecule has 0 saturated carbocycles. The number of hydrogen-bond acceptors (Lipinski definition) is 3. The normalized spacial score (nSPS) is 11.1. The number of carbonyl (C=O) groups is 2. The topological polar surface area (TPSA) is 98.2 Å². The molecular formula is C12H16BrN3O2. The standard InChI is InChI=1S/C12H16BrN3O2/c1-12(2,6-10(15)17)16-11(18)7-3-4-9(14)8(13)5-7/h3-5H,6,14H2,1-2H3,(H2,15,17)(H,16,18). The average molecular weight is 314 g/mol. The van der Waals surface area contributed by atoms with Crippen molar-refractivity contribution < 1.29 is 9.59 Å². The molecular weight excluding hydrogens is 298 g/mol. The van der Waals surface area contributed by atoms with Crippen LogP contribution in [0.1, 0.15) is 30.6 Å². The number of nitrogens with two attached hydrogens (primary N) is 2. The molecule has 18 heavy (non-hydrogen) atoms. The van der Waals surface area contributed by atoms with Crippen LogP contribution in [0.5, 0.6) is 0 Å². The van der Waals surface area contributed by atoms with E-state index in [1.165, 1.54) is 0 Å². The van der Waals surface area contributed by atoms with Gasteiger partial charge in [-0.25, -0.2) is 0 Å². The first-order valence-corrected chi connectivity index (χ1v) is 6.16. The second-order valence-corrected chi connectivity index (χ2v) is 5.57. The number of halogens is 1. The lowest BCUT2D eigenvalue weighted by Crippen LogP contribution is -2.46. The number of amides is 2. The molecule has 0 radical (unpaired) electrons. The van der Waals surface area contributed by atoms with Crippen molar-refractivity contribution in [3.8, 4) is 0 Å². The van der Waals surface area contributed by atoms with Gasteiger partial charge in [-0.05, 0) is 48.0 Å². The van der Waals surface area contributed by atoms with Crippen LogP contribution in [0.3, 0.4) is 0 Å². The number of benzene rings is 1. The quantitative estimate of drug-likeness (QED) is 0.733. The molecule has 6 heteroatoms. The van der Waals surface area contributed by atoms with E-state index in [1.807, 2.05) is 0 Å². The molecule has 2 amide bonds. The number of hydrogen-bond donors (Lipinski definition) is 3. The Labute approximate surface area is 114 Å². The van der Waals surface area contributed by atoms with Crippen molar-refractivity contribution in [2.75, 3.05) is 5.73 Å². The Morgan fingerprint density at radius 1 is 1.39 bits per heavy atom. The third kappa shape index (κ3) is 4.03. The van der Waals surface area contributed by atoms with Gasteiger partial charge in [0.05, 0.1) is 0 Å². The molecule has 0 saturated heterocycles. The first-order valence-electron chi connectivity index (χ1n) is 5.37. The molecule has 1 aromatic carbocycles. The second-order valence-electron chi connectivity index (χ2n) is 4.72. The number of carbonyl (C=O) groups excluding carboxylic acids is 2. The zero-order valence-electron chi connectivity index (χ0n) is 10.3. The van der Waals surface area contributed by atoms with Crippen LogP contribution in [-0.2, 0) is 4.79 Å². The average Bonchev–Trinajstić information content (AvgIpc) is 2.19. The van der Waals surface area contributed by atoms with E-state index in [0.29, 0.717) is 15.7 Å². The SMILES string of the molecule is CC(C)(CC(N)=O)NC(=O)c1ccc(N)c(Br)c1. The van der Waals surface area contributed by atoms with Gasteiger partial charge in [-0.15, -0.1) is 0 Å². The van der Waals surface area contributed by atoms with E-state index < -0.39 is 11.4 Å². The van der Waals surface area contributed by atoms with Crippen molar-refractivity contribution in [2.45, 2.75) is 25.8 Å². The summed E-state index contributed by atoms with van der Waals surface area (Å²) < 4.78 is 0.655. The van der Waals surface area contributed by atoms with E-state index in [9.17, 15) is 9.59 Å². The van der Waals surface area contributed by atoms with Crippen LogP contribution in [0.2, 0.25) is 0 Å². The van der Waals surface area contributed by atoms with Crippen molar-refractivity contribution in [3.63, 3.8) is 0 Å². The molecule has 5 nitrogen and oxygen atoms in total. The largest absolute Gasteiger partial charge is 0.398 e. The summed E-state index contributed by atoms with van der Waals surface area (Å²) in [6, 6.07) is 4.89. The summed E-state index contributed by atoms with van der Waals surface area (Å²) in [6.45, 7) is 3.48. The van der Waals surface area contributed by atoms with Crippen LogP contribution < -0.4 is 16.8 Å². The molecule has 0 aliphatic rings. The van der Waals surface area contributed by atoms with Gasteiger partial charge < -0.3 is 16.8 Å². The van der Waals surface area contributed by atoms with Gasteiger partial charge in [0.15, 0.2) is 0 Å². The Kier molecular flexibility index (Phi) is 4.34. The molecule has 0 aliphatic heterocycles. The number of nitrogen functional groups attached to an aromatic ring is 1. The van der Waals surface area contributed by atoms with Gasteiger partial charge in [0.2, 0.25) is 5.91 Å². The Balaban J connectivity index is 2.82. The molecule has 0 heterocycles. The van der Waals surface area contributed by atoms with Gasteiger partial charge in [-0.3, -0.25) is 9.59 Å². The van der Waals surface area contributed by atoms with Crippen LogP contribution >= 0.6 is 15.9 Å². The molecule has 5 N–H and O–H groups in total. The zero-order chi connectivity index (χ0) is 13.9. The molecule has 98 valence electrons. The maximum absolute atomic E-state index is 12.0. The summed E-state index contributed by atoms with van der Waals surface area (Å²) in [5, 5.41) is 2.75. The molecule has 0 aliphatic carbocycles. The van der Waals surface area contributed by atoms with Crippen LogP contribution in [0, 0.1) is 0 Å². The number of primary amides is 1. The van der Waals surface area contributed by atoms with Gasteiger partial charge in [-0.1, -0.05) is 0 Å². The number of anilines is 1. The molecule has 1 rings (SSSR count). The summed E-state index contributed by atoms with van der Waals surface area (Å²) >= 11 is 3.26. The minimum absolute atomic E-state index is 0.0783. The van der Waals surface area contributed by atoms with Gasteiger partial charge in [0.1, 0.15) is 0 Å². The Hall–Kier alpha value is -1.56. The number of nitrogens with one attached hydrogen (secondary N) is 1. The third-order valence-corrected chi connectivity index (χ3v) is 3.02.